The van der Waals surface area contributed by atoms with Crippen LogP contribution in [0.15, 0.2) is 35.9 Å². The normalized spacial score (nSPS) is 11.6. The Labute approximate surface area is 93.5 Å². The summed E-state index contributed by atoms with van der Waals surface area (Å²) in [7, 11) is 0. The lowest BCUT2D eigenvalue weighted by Crippen LogP contribution is -2.18. The first-order valence-corrected chi connectivity index (χ1v) is 4.68. The van der Waals surface area contributed by atoms with Gasteiger partial charge in [-0.1, -0.05) is 6.07 Å². The van der Waals surface area contributed by atoms with Gasteiger partial charge in [-0.25, -0.2) is 0 Å². The van der Waals surface area contributed by atoms with Gasteiger partial charge < -0.3 is 15.9 Å². The second-order valence-corrected chi connectivity index (χ2v) is 3.17. The van der Waals surface area contributed by atoms with Gasteiger partial charge in [-0.2, -0.15) is 0 Å². The number of nitrogens with zero attached hydrogens (tertiary/aromatic N) is 1. The standard InChI is InChI=1S/C11H13N3O2/c1-8(5-12)10(11(13)15)16-7-9-3-2-4-14-6-9/h2-6,12H,7H2,1H3,(H2,13,15)/b10-8+,12-5?. The highest BCUT2D eigenvalue weighted by atomic mass is 16.5. The molecule has 0 atom stereocenters. The van der Waals surface area contributed by atoms with Crippen molar-refractivity contribution in [2.75, 3.05) is 0 Å². The largest absolute Gasteiger partial charge is 0.483 e. The van der Waals surface area contributed by atoms with Gasteiger partial charge in [0, 0.05) is 29.7 Å². The van der Waals surface area contributed by atoms with Gasteiger partial charge in [0.1, 0.15) is 6.61 Å². The summed E-state index contributed by atoms with van der Waals surface area (Å²) in [5, 5.41) is 7.03. The number of ether oxygens (including phenoxy) is 1. The summed E-state index contributed by atoms with van der Waals surface area (Å²) >= 11 is 0. The summed E-state index contributed by atoms with van der Waals surface area (Å²) in [6.45, 7) is 1.80. The number of pyridine rings is 1. The molecule has 3 N–H and O–H groups in total. The predicted octanol–water partition coefficient (Wildman–Crippen LogP) is 1.01. The van der Waals surface area contributed by atoms with Gasteiger partial charge in [0.15, 0.2) is 5.76 Å². The monoisotopic (exact) mass is 219 g/mol. The number of allylic oxidation sites excluding steroid dienone is 1. The Kier molecular flexibility index (Phi) is 4.20. The molecule has 0 saturated carbocycles. The van der Waals surface area contributed by atoms with E-state index >= 15 is 0 Å². The molecular weight excluding hydrogens is 206 g/mol. The van der Waals surface area contributed by atoms with E-state index < -0.39 is 5.91 Å². The quantitative estimate of drug-likeness (QED) is 0.440. The van der Waals surface area contributed by atoms with E-state index in [1.54, 1.807) is 25.4 Å². The molecule has 5 nitrogen and oxygen atoms in total. The average Bonchev–Trinajstić information content (AvgIpc) is 2.30. The molecule has 0 radical (unpaired) electrons. The van der Waals surface area contributed by atoms with Gasteiger partial charge in [0.25, 0.3) is 5.91 Å². The molecule has 0 spiro atoms. The highest BCUT2D eigenvalue weighted by Crippen LogP contribution is 2.07. The molecule has 1 heterocycles. The molecule has 0 bridgehead atoms. The summed E-state index contributed by atoms with van der Waals surface area (Å²) in [5.74, 6) is -0.663. The highest BCUT2D eigenvalue weighted by Gasteiger charge is 2.09. The van der Waals surface area contributed by atoms with Crippen LogP contribution in [0.5, 0.6) is 0 Å². The fourth-order valence-corrected chi connectivity index (χ4v) is 1.08. The van der Waals surface area contributed by atoms with Crippen molar-refractivity contribution in [2.24, 2.45) is 5.73 Å². The molecule has 0 aromatic carbocycles. The number of aromatic nitrogens is 1. The molecule has 1 amide bonds. The van der Waals surface area contributed by atoms with E-state index in [2.05, 4.69) is 4.98 Å². The van der Waals surface area contributed by atoms with Crippen LogP contribution in [0.25, 0.3) is 0 Å². The number of carbonyl (C=O) groups is 1. The summed E-state index contributed by atoms with van der Waals surface area (Å²) in [5.41, 5.74) is 6.37. The molecule has 0 aliphatic carbocycles. The van der Waals surface area contributed by atoms with Crippen LogP contribution in [0.1, 0.15) is 12.5 Å². The van der Waals surface area contributed by atoms with Crippen molar-refractivity contribution in [3.63, 3.8) is 0 Å². The molecule has 1 rings (SSSR count). The van der Waals surface area contributed by atoms with E-state index in [0.29, 0.717) is 5.57 Å². The molecule has 0 aliphatic heterocycles. The zero-order valence-corrected chi connectivity index (χ0v) is 8.93. The van der Waals surface area contributed by atoms with E-state index in [1.807, 2.05) is 6.07 Å². The maximum absolute atomic E-state index is 11.0. The zero-order valence-electron chi connectivity index (χ0n) is 8.93. The number of hydrogen-bond acceptors (Lipinski definition) is 4. The Morgan fingerprint density at radius 1 is 1.69 bits per heavy atom. The van der Waals surface area contributed by atoms with E-state index in [9.17, 15) is 4.79 Å². The van der Waals surface area contributed by atoms with E-state index in [-0.39, 0.29) is 12.4 Å². The fourth-order valence-electron chi connectivity index (χ4n) is 1.08. The van der Waals surface area contributed by atoms with Gasteiger partial charge in [0.2, 0.25) is 0 Å². The lowest BCUT2D eigenvalue weighted by molar-refractivity contribution is -0.118. The van der Waals surface area contributed by atoms with Gasteiger partial charge in [-0.15, -0.1) is 0 Å². The van der Waals surface area contributed by atoms with Crippen LogP contribution < -0.4 is 5.73 Å². The highest BCUT2D eigenvalue weighted by molar-refractivity contribution is 5.96. The molecule has 16 heavy (non-hydrogen) atoms. The summed E-state index contributed by atoms with van der Waals surface area (Å²) < 4.78 is 5.26. The van der Waals surface area contributed by atoms with Crippen LogP contribution in [0.3, 0.4) is 0 Å². The molecule has 0 aliphatic rings. The fraction of sp³-hybridized carbons (Fsp3) is 0.182. The summed E-state index contributed by atoms with van der Waals surface area (Å²) in [6.07, 6.45) is 4.32. The van der Waals surface area contributed by atoms with Crippen molar-refractivity contribution in [3.05, 3.63) is 41.4 Å². The number of amides is 1. The second-order valence-electron chi connectivity index (χ2n) is 3.17. The SMILES string of the molecule is C/C(C=N)=C(\OCc1cccnc1)C(N)=O. The maximum Gasteiger partial charge on any atom is 0.284 e. The molecule has 5 heteroatoms. The van der Waals surface area contributed by atoms with E-state index in [1.165, 1.54) is 0 Å². The van der Waals surface area contributed by atoms with Crippen molar-refractivity contribution >= 4 is 12.1 Å². The van der Waals surface area contributed by atoms with Crippen LogP contribution in [0.2, 0.25) is 0 Å². The van der Waals surface area contributed by atoms with Crippen molar-refractivity contribution in [1.82, 2.24) is 4.98 Å². The molecule has 0 unspecified atom stereocenters. The minimum atomic E-state index is -0.676. The topological polar surface area (TPSA) is 89.1 Å². The Hall–Kier alpha value is -2.17. The molecule has 0 saturated heterocycles. The number of hydrogen-bond donors (Lipinski definition) is 2. The maximum atomic E-state index is 11.0. The first-order chi connectivity index (χ1) is 7.65. The minimum Gasteiger partial charge on any atom is -0.483 e. The van der Waals surface area contributed by atoms with Crippen LogP contribution >= 0.6 is 0 Å². The van der Waals surface area contributed by atoms with E-state index in [4.69, 9.17) is 15.9 Å². The lowest BCUT2D eigenvalue weighted by Gasteiger charge is -2.08. The van der Waals surface area contributed by atoms with Crippen molar-refractivity contribution in [3.8, 4) is 0 Å². The number of primary amides is 1. The van der Waals surface area contributed by atoms with Crippen molar-refractivity contribution in [2.45, 2.75) is 13.5 Å². The Balaban J connectivity index is 2.73. The lowest BCUT2D eigenvalue weighted by atomic mass is 10.2. The summed E-state index contributed by atoms with van der Waals surface area (Å²) in [6, 6.07) is 3.60. The van der Waals surface area contributed by atoms with Gasteiger partial charge in [0.05, 0.1) is 0 Å². The van der Waals surface area contributed by atoms with Crippen molar-refractivity contribution < 1.29 is 9.53 Å². The van der Waals surface area contributed by atoms with Crippen LogP contribution in [0.4, 0.5) is 0 Å². The van der Waals surface area contributed by atoms with Crippen LogP contribution in [-0.4, -0.2) is 17.1 Å². The third kappa shape index (κ3) is 3.20. The summed E-state index contributed by atoms with van der Waals surface area (Å²) in [4.78, 5) is 15.0. The van der Waals surface area contributed by atoms with Crippen LogP contribution in [0, 0.1) is 5.41 Å². The number of nitrogens with two attached hydrogens (primary N) is 1. The molecule has 1 aromatic heterocycles. The zero-order chi connectivity index (χ0) is 12.0. The van der Waals surface area contributed by atoms with Crippen LogP contribution in [-0.2, 0) is 16.1 Å². The second kappa shape index (κ2) is 5.65. The third-order valence-electron chi connectivity index (χ3n) is 1.90. The Bertz CT molecular complexity index is 412. The smallest absolute Gasteiger partial charge is 0.284 e. The molecule has 84 valence electrons. The van der Waals surface area contributed by atoms with Crippen molar-refractivity contribution in [1.29, 1.82) is 5.41 Å². The van der Waals surface area contributed by atoms with Gasteiger partial charge >= 0.3 is 0 Å². The number of carbonyl (C=O) groups excluding carboxylic acids is 1. The minimum absolute atomic E-state index is 0.0128. The number of rotatable bonds is 5. The van der Waals surface area contributed by atoms with E-state index in [0.717, 1.165) is 11.8 Å². The predicted molar refractivity (Wildman–Crippen MR) is 59.7 cm³/mol. The molecule has 1 aromatic rings. The third-order valence-corrected chi connectivity index (χ3v) is 1.90. The van der Waals surface area contributed by atoms with Gasteiger partial charge in [-0.05, 0) is 13.0 Å². The first-order valence-electron chi connectivity index (χ1n) is 4.68. The average molecular weight is 219 g/mol. The van der Waals surface area contributed by atoms with Gasteiger partial charge in [-0.3, -0.25) is 9.78 Å². The Morgan fingerprint density at radius 2 is 2.44 bits per heavy atom. The first kappa shape index (κ1) is 11.9. The number of nitrogens with one attached hydrogen (secondary N) is 1. The molecule has 0 fully saturated rings. The molecular formula is C11H13N3O2. The Morgan fingerprint density at radius 3 is 2.94 bits per heavy atom.